The van der Waals surface area contributed by atoms with Crippen LogP contribution in [0.2, 0.25) is 0 Å². The zero-order valence-corrected chi connectivity index (χ0v) is 14.2. The van der Waals surface area contributed by atoms with Crippen LogP contribution in [0.15, 0.2) is 42.5 Å². The second-order valence-corrected chi connectivity index (χ2v) is 5.43. The fraction of sp³-hybridized carbons (Fsp3) is 0.158. The maximum Gasteiger partial charge on any atom is 0.573 e. The molecule has 0 fully saturated rings. The van der Waals surface area contributed by atoms with Gasteiger partial charge in [-0.2, -0.15) is 0 Å². The number of hydrogen-bond donors (Lipinski definition) is 2. The Bertz CT molecular complexity index is 875. The van der Waals surface area contributed by atoms with Gasteiger partial charge < -0.3 is 15.2 Å². The number of para-hydroxylation sites is 1. The van der Waals surface area contributed by atoms with E-state index >= 15 is 0 Å². The molecule has 2 aromatic carbocycles. The smallest absolute Gasteiger partial charge is 0.478 e. The molecule has 0 unspecified atom stereocenters. The summed E-state index contributed by atoms with van der Waals surface area (Å²) in [5.41, 5.74) is 0.629. The van der Waals surface area contributed by atoms with Crippen LogP contribution in [0, 0.1) is 0 Å². The summed E-state index contributed by atoms with van der Waals surface area (Å²) >= 11 is 0. The molecule has 0 atom stereocenters. The molecule has 0 bridgehead atoms. The number of anilines is 1. The fourth-order valence-corrected chi connectivity index (χ4v) is 2.21. The topological polar surface area (TPSA) is 75.6 Å². The first-order chi connectivity index (χ1) is 12.7. The summed E-state index contributed by atoms with van der Waals surface area (Å²) in [6.07, 6.45) is -1.79. The van der Waals surface area contributed by atoms with Gasteiger partial charge in [-0.05, 0) is 23.8 Å². The number of carboxylic acids is 1. The SMILES string of the molecule is CCC(=O)Nc1ccc(/C=C/c2ccccc2OC(F)(F)F)cc1C(=O)O. The van der Waals surface area contributed by atoms with Gasteiger partial charge in [0.2, 0.25) is 5.91 Å². The fourth-order valence-electron chi connectivity index (χ4n) is 2.21. The van der Waals surface area contributed by atoms with Gasteiger partial charge in [0.25, 0.3) is 0 Å². The minimum absolute atomic E-state index is 0.126. The van der Waals surface area contributed by atoms with Crippen molar-refractivity contribution < 1.29 is 32.6 Å². The average Bonchev–Trinajstić information content (AvgIpc) is 2.60. The van der Waals surface area contributed by atoms with E-state index in [1.165, 1.54) is 42.5 Å². The molecule has 0 spiro atoms. The van der Waals surface area contributed by atoms with Crippen LogP contribution in [0.4, 0.5) is 18.9 Å². The molecule has 27 heavy (non-hydrogen) atoms. The average molecular weight is 379 g/mol. The van der Waals surface area contributed by atoms with Crippen LogP contribution < -0.4 is 10.1 Å². The quantitative estimate of drug-likeness (QED) is 0.707. The third-order valence-electron chi connectivity index (χ3n) is 3.47. The van der Waals surface area contributed by atoms with Crippen LogP contribution in [-0.4, -0.2) is 23.3 Å². The number of ether oxygens (including phenoxy) is 1. The molecule has 0 saturated heterocycles. The summed E-state index contributed by atoms with van der Waals surface area (Å²) in [4.78, 5) is 22.9. The number of carboxylic acid groups (broad SMARTS) is 1. The lowest BCUT2D eigenvalue weighted by molar-refractivity contribution is -0.274. The largest absolute Gasteiger partial charge is 0.573 e. The number of carbonyl (C=O) groups is 2. The number of rotatable bonds is 6. The van der Waals surface area contributed by atoms with Gasteiger partial charge in [0, 0.05) is 12.0 Å². The Morgan fingerprint density at radius 2 is 1.85 bits per heavy atom. The van der Waals surface area contributed by atoms with E-state index in [2.05, 4.69) is 10.1 Å². The number of alkyl halides is 3. The van der Waals surface area contributed by atoms with E-state index in [1.54, 1.807) is 19.1 Å². The Morgan fingerprint density at radius 1 is 1.15 bits per heavy atom. The van der Waals surface area contributed by atoms with E-state index < -0.39 is 12.3 Å². The Morgan fingerprint density at radius 3 is 2.48 bits per heavy atom. The van der Waals surface area contributed by atoms with Gasteiger partial charge in [0.1, 0.15) is 5.75 Å². The maximum atomic E-state index is 12.5. The number of carbonyl (C=O) groups excluding carboxylic acids is 1. The summed E-state index contributed by atoms with van der Waals surface area (Å²) in [5.74, 6) is -1.94. The first-order valence-corrected chi connectivity index (χ1v) is 7.89. The van der Waals surface area contributed by atoms with Crippen LogP contribution >= 0.6 is 0 Å². The molecular formula is C19H16F3NO4. The number of hydrogen-bond acceptors (Lipinski definition) is 3. The van der Waals surface area contributed by atoms with Gasteiger partial charge in [0.15, 0.2) is 0 Å². The second kappa shape index (κ2) is 8.39. The Balaban J connectivity index is 2.31. The molecule has 0 saturated carbocycles. The van der Waals surface area contributed by atoms with E-state index in [-0.39, 0.29) is 34.9 Å². The molecule has 0 aromatic heterocycles. The molecule has 5 nitrogen and oxygen atoms in total. The van der Waals surface area contributed by atoms with Gasteiger partial charge >= 0.3 is 12.3 Å². The van der Waals surface area contributed by atoms with Crippen molar-refractivity contribution in [2.24, 2.45) is 0 Å². The van der Waals surface area contributed by atoms with Crippen LogP contribution in [0.25, 0.3) is 12.2 Å². The lowest BCUT2D eigenvalue weighted by atomic mass is 10.1. The predicted molar refractivity (Wildman–Crippen MR) is 94.4 cm³/mol. The molecule has 0 aliphatic heterocycles. The molecule has 1 amide bonds. The minimum Gasteiger partial charge on any atom is -0.478 e. The molecule has 0 aliphatic rings. The predicted octanol–water partition coefficient (Wildman–Crippen LogP) is 4.80. The summed E-state index contributed by atoms with van der Waals surface area (Å²) in [5, 5.41) is 11.8. The molecule has 142 valence electrons. The van der Waals surface area contributed by atoms with E-state index in [0.717, 1.165) is 0 Å². The van der Waals surface area contributed by atoms with Gasteiger partial charge in [-0.3, -0.25) is 4.79 Å². The molecule has 0 radical (unpaired) electrons. The first kappa shape index (κ1) is 20.0. The molecule has 2 aromatic rings. The van der Waals surface area contributed by atoms with E-state index in [9.17, 15) is 27.9 Å². The van der Waals surface area contributed by atoms with Crippen LogP contribution in [-0.2, 0) is 4.79 Å². The number of amides is 1. The number of aromatic carboxylic acids is 1. The van der Waals surface area contributed by atoms with Crippen molar-refractivity contribution >= 4 is 29.7 Å². The summed E-state index contributed by atoms with van der Waals surface area (Å²) in [6, 6.07) is 9.86. The summed E-state index contributed by atoms with van der Waals surface area (Å²) in [6.45, 7) is 1.63. The molecule has 2 N–H and O–H groups in total. The van der Waals surface area contributed by atoms with E-state index in [1.807, 2.05) is 0 Å². The van der Waals surface area contributed by atoms with Crippen molar-refractivity contribution in [3.8, 4) is 5.75 Å². The molecule has 0 heterocycles. The number of nitrogens with one attached hydrogen (secondary N) is 1. The number of halogens is 3. The maximum absolute atomic E-state index is 12.5. The Kier molecular flexibility index (Phi) is 6.23. The monoisotopic (exact) mass is 379 g/mol. The van der Waals surface area contributed by atoms with Gasteiger partial charge in [-0.1, -0.05) is 43.3 Å². The lowest BCUT2D eigenvalue weighted by Gasteiger charge is -2.11. The van der Waals surface area contributed by atoms with Gasteiger partial charge in [-0.25, -0.2) is 4.79 Å². The van der Waals surface area contributed by atoms with Gasteiger partial charge in [0.05, 0.1) is 11.3 Å². The lowest BCUT2D eigenvalue weighted by Crippen LogP contribution is -2.17. The normalized spacial score (nSPS) is 11.4. The highest BCUT2D eigenvalue weighted by Gasteiger charge is 2.31. The highest BCUT2D eigenvalue weighted by Crippen LogP contribution is 2.28. The van der Waals surface area contributed by atoms with Crippen molar-refractivity contribution in [1.29, 1.82) is 0 Å². The van der Waals surface area contributed by atoms with Crippen molar-refractivity contribution in [2.75, 3.05) is 5.32 Å². The third kappa shape index (κ3) is 5.88. The van der Waals surface area contributed by atoms with Crippen molar-refractivity contribution in [3.05, 3.63) is 59.2 Å². The zero-order chi connectivity index (χ0) is 20.0. The van der Waals surface area contributed by atoms with Crippen molar-refractivity contribution in [3.63, 3.8) is 0 Å². The van der Waals surface area contributed by atoms with Crippen LogP contribution in [0.1, 0.15) is 34.8 Å². The standard InChI is InChI=1S/C19H16F3NO4/c1-2-17(24)23-15-10-8-12(11-14(15)18(25)26)7-9-13-5-3-4-6-16(13)27-19(20,21)22/h3-11H,2H2,1H3,(H,23,24)(H,25,26)/b9-7+. The highest BCUT2D eigenvalue weighted by molar-refractivity contribution is 6.01. The minimum atomic E-state index is -4.82. The van der Waals surface area contributed by atoms with E-state index in [0.29, 0.717) is 5.56 Å². The van der Waals surface area contributed by atoms with Gasteiger partial charge in [-0.15, -0.1) is 13.2 Å². The van der Waals surface area contributed by atoms with Crippen LogP contribution in [0.3, 0.4) is 0 Å². The third-order valence-corrected chi connectivity index (χ3v) is 3.47. The second-order valence-electron chi connectivity index (χ2n) is 5.43. The zero-order valence-electron chi connectivity index (χ0n) is 14.2. The summed E-state index contributed by atoms with van der Waals surface area (Å²) < 4.78 is 41.3. The molecular weight excluding hydrogens is 363 g/mol. The molecule has 2 rings (SSSR count). The Labute approximate surface area is 153 Å². The molecule has 8 heteroatoms. The van der Waals surface area contributed by atoms with Crippen molar-refractivity contribution in [2.45, 2.75) is 19.7 Å². The summed E-state index contributed by atoms with van der Waals surface area (Å²) in [7, 11) is 0. The van der Waals surface area contributed by atoms with E-state index in [4.69, 9.17) is 0 Å². The molecule has 0 aliphatic carbocycles. The first-order valence-electron chi connectivity index (χ1n) is 7.89. The Hall–Kier alpha value is -3.29. The highest BCUT2D eigenvalue weighted by atomic mass is 19.4. The van der Waals surface area contributed by atoms with Crippen LogP contribution in [0.5, 0.6) is 5.75 Å². The van der Waals surface area contributed by atoms with Crippen molar-refractivity contribution in [1.82, 2.24) is 0 Å². The number of benzene rings is 2.